The van der Waals surface area contributed by atoms with Crippen molar-refractivity contribution in [2.24, 2.45) is 4.99 Å². The first-order valence-electron chi connectivity index (χ1n) is 8.77. The van der Waals surface area contributed by atoms with E-state index in [0.29, 0.717) is 5.71 Å². The zero-order valence-corrected chi connectivity index (χ0v) is 16.5. The number of hydrogen-bond donors (Lipinski definition) is 0. The quantitative estimate of drug-likeness (QED) is 0.416. The molecule has 6 heteroatoms. The molecule has 0 bridgehead atoms. The number of rotatable bonds is 2. The first-order chi connectivity index (χ1) is 13.2. The Labute approximate surface area is 170 Å². The molecule has 1 unspecified atom stereocenters. The van der Waals surface area contributed by atoms with Gasteiger partial charge in [0.2, 0.25) is 0 Å². The monoisotopic (exact) mass is 421 g/mol. The Kier molecular flexibility index (Phi) is 4.67. The summed E-state index contributed by atoms with van der Waals surface area (Å²) in [7, 11) is 0. The maximum absolute atomic E-state index is 14.3. The van der Waals surface area contributed by atoms with Crippen LogP contribution in [0.3, 0.4) is 0 Å². The van der Waals surface area contributed by atoms with Crippen LogP contribution >= 0.6 is 23.2 Å². The van der Waals surface area contributed by atoms with E-state index in [-0.39, 0.29) is 28.6 Å². The zero-order valence-electron chi connectivity index (χ0n) is 14.9. The Morgan fingerprint density at radius 2 is 1.57 bits per heavy atom. The van der Waals surface area contributed by atoms with E-state index >= 15 is 0 Å². The molecule has 0 fully saturated rings. The second-order valence-corrected chi connectivity index (χ2v) is 8.03. The lowest BCUT2D eigenvalue weighted by atomic mass is 9.76. The summed E-state index contributed by atoms with van der Waals surface area (Å²) in [5.74, 6) is 0. The Morgan fingerprint density at radius 1 is 0.929 bits per heavy atom. The van der Waals surface area contributed by atoms with Gasteiger partial charge in [0.15, 0.2) is 0 Å². The van der Waals surface area contributed by atoms with Gasteiger partial charge in [-0.3, -0.25) is 4.99 Å². The molecule has 0 amide bonds. The largest absolute Gasteiger partial charge is 0.400 e. The van der Waals surface area contributed by atoms with Crippen LogP contribution < -0.4 is 0 Å². The smallest absolute Gasteiger partial charge is 0.288 e. The highest BCUT2D eigenvalue weighted by molar-refractivity contribution is 6.34. The summed E-state index contributed by atoms with van der Waals surface area (Å²) in [6.45, 7) is 1.60. The van der Waals surface area contributed by atoms with Crippen LogP contribution in [0.4, 0.5) is 13.2 Å². The van der Waals surface area contributed by atoms with Crippen LogP contribution in [0.2, 0.25) is 10.0 Å². The van der Waals surface area contributed by atoms with Crippen LogP contribution in [-0.2, 0) is 5.41 Å². The van der Waals surface area contributed by atoms with E-state index in [4.69, 9.17) is 23.2 Å². The number of hydrogen-bond acceptors (Lipinski definition) is 1. The molecule has 1 aliphatic heterocycles. The van der Waals surface area contributed by atoms with Gasteiger partial charge in [-0.25, -0.2) is 0 Å². The molecule has 3 aromatic carbocycles. The second kappa shape index (κ2) is 6.78. The van der Waals surface area contributed by atoms with Gasteiger partial charge in [0, 0.05) is 27.7 Å². The first-order valence-corrected chi connectivity index (χ1v) is 9.52. The van der Waals surface area contributed by atoms with Gasteiger partial charge in [-0.05, 0) is 47.0 Å². The number of aryl methyl sites for hydroxylation is 1. The summed E-state index contributed by atoms with van der Waals surface area (Å²) in [6, 6.07) is 15.6. The molecule has 0 saturated heterocycles. The van der Waals surface area contributed by atoms with Crippen LogP contribution in [0.25, 0.3) is 10.8 Å². The molecule has 28 heavy (non-hydrogen) atoms. The third-order valence-corrected chi connectivity index (χ3v) is 5.86. The van der Waals surface area contributed by atoms with Crippen molar-refractivity contribution in [2.45, 2.75) is 24.9 Å². The van der Waals surface area contributed by atoms with Crippen LogP contribution in [0.1, 0.15) is 23.1 Å². The molecule has 0 saturated carbocycles. The van der Waals surface area contributed by atoms with E-state index in [1.54, 1.807) is 0 Å². The number of fused-ring (bicyclic) bond motifs is 1. The van der Waals surface area contributed by atoms with Crippen LogP contribution in [0.5, 0.6) is 0 Å². The van der Waals surface area contributed by atoms with Gasteiger partial charge in [0.25, 0.3) is 0 Å². The van der Waals surface area contributed by atoms with E-state index in [1.807, 2.05) is 43.3 Å². The van der Waals surface area contributed by atoms with E-state index < -0.39 is 11.6 Å². The first kappa shape index (κ1) is 19.3. The fourth-order valence-corrected chi connectivity index (χ4v) is 4.41. The molecule has 144 valence electrons. The van der Waals surface area contributed by atoms with Crippen molar-refractivity contribution in [3.63, 3.8) is 0 Å². The number of nitrogens with zero attached hydrogens (tertiary/aromatic N) is 1. The molecule has 1 nitrogen and oxygen atoms in total. The minimum absolute atomic E-state index is 0.0488. The molecule has 0 aromatic heterocycles. The normalized spacial score (nSPS) is 19.9. The van der Waals surface area contributed by atoms with Crippen LogP contribution in [-0.4, -0.2) is 18.4 Å². The summed E-state index contributed by atoms with van der Waals surface area (Å²) >= 11 is 12.0. The minimum atomic E-state index is -4.49. The number of benzene rings is 3. The highest BCUT2D eigenvalue weighted by atomic mass is 35.5. The Bertz CT molecular complexity index is 1080. The minimum Gasteiger partial charge on any atom is -0.288 e. The topological polar surface area (TPSA) is 12.4 Å². The van der Waals surface area contributed by atoms with Gasteiger partial charge in [0.1, 0.15) is 5.41 Å². The van der Waals surface area contributed by atoms with Gasteiger partial charge in [-0.15, -0.1) is 0 Å². The highest BCUT2D eigenvalue weighted by Crippen LogP contribution is 2.49. The van der Waals surface area contributed by atoms with E-state index in [9.17, 15) is 13.2 Å². The average Bonchev–Trinajstić information content (AvgIpc) is 3.08. The van der Waals surface area contributed by atoms with Crippen molar-refractivity contribution in [3.8, 4) is 0 Å². The van der Waals surface area contributed by atoms with Gasteiger partial charge in [0.05, 0.1) is 6.54 Å². The Hall–Kier alpha value is -2.04. The summed E-state index contributed by atoms with van der Waals surface area (Å²) < 4.78 is 42.8. The van der Waals surface area contributed by atoms with Crippen molar-refractivity contribution < 1.29 is 13.2 Å². The molecule has 0 radical (unpaired) electrons. The Balaban J connectivity index is 1.84. The number of halogens is 5. The van der Waals surface area contributed by atoms with Crippen LogP contribution in [0, 0.1) is 6.92 Å². The number of aliphatic imine (C=N–C) groups is 1. The SMILES string of the molecule is Cc1ccc(C2=NCC(c3cc(Cl)cc(Cl)c3)(C(F)(F)F)C2)c2ccccc12. The molecular formula is C22H16Cl2F3N. The molecular weight excluding hydrogens is 406 g/mol. The standard InChI is InChI=1S/C22H16Cl2F3N/c1-13-6-7-19(18-5-3-2-4-17(13)18)20-11-21(12-28-20,22(25,26)27)14-8-15(23)10-16(24)9-14/h2-10H,11-12H2,1H3. The molecule has 0 N–H and O–H groups in total. The third-order valence-electron chi connectivity index (χ3n) is 5.42. The lowest BCUT2D eigenvalue weighted by Crippen LogP contribution is -2.43. The number of alkyl halides is 3. The predicted octanol–water partition coefficient (Wildman–Crippen LogP) is 7.15. The second-order valence-electron chi connectivity index (χ2n) is 7.15. The fraction of sp³-hybridized carbons (Fsp3) is 0.227. The van der Waals surface area contributed by atoms with Gasteiger partial charge in [-0.2, -0.15) is 13.2 Å². The molecule has 0 aliphatic carbocycles. The molecule has 3 aromatic rings. The highest BCUT2D eigenvalue weighted by Gasteiger charge is 2.58. The van der Waals surface area contributed by atoms with E-state index in [2.05, 4.69) is 4.99 Å². The fourth-order valence-electron chi connectivity index (χ4n) is 3.89. The predicted molar refractivity (Wildman–Crippen MR) is 109 cm³/mol. The van der Waals surface area contributed by atoms with Crippen molar-refractivity contribution >= 4 is 39.7 Å². The van der Waals surface area contributed by atoms with Crippen molar-refractivity contribution in [3.05, 3.63) is 81.3 Å². The van der Waals surface area contributed by atoms with E-state index in [0.717, 1.165) is 21.9 Å². The Morgan fingerprint density at radius 3 is 2.21 bits per heavy atom. The summed E-state index contributed by atoms with van der Waals surface area (Å²) in [6.07, 6.45) is -4.74. The van der Waals surface area contributed by atoms with Crippen LogP contribution in [0.15, 0.2) is 59.6 Å². The maximum atomic E-state index is 14.3. The lowest BCUT2D eigenvalue weighted by molar-refractivity contribution is -0.183. The van der Waals surface area contributed by atoms with E-state index in [1.165, 1.54) is 18.2 Å². The average molecular weight is 422 g/mol. The maximum Gasteiger partial charge on any atom is 0.400 e. The van der Waals surface area contributed by atoms with Gasteiger partial charge < -0.3 is 0 Å². The van der Waals surface area contributed by atoms with Gasteiger partial charge >= 0.3 is 6.18 Å². The molecule has 1 heterocycles. The van der Waals surface area contributed by atoms with Crippen molar-refractivity contribution in [1.29, 1.82) is 0 Å². The van der Waals surface area contributed by atoms with Crippen molar-refractivity contribution in [2.75, 3.05) is 6.54 Å². The summed E-state index contributed by atoms with van der Waals surface area (Å²) in [5.41, 5.74) is 0.169. The van der Waals surface area contributed by atoms with Gasteiger partial charge in [-0.1, -0.05) is 59.6 Å². The third kappa shape index (κ3) is 3.09. The molecule has 1 aliphatic rings. The molecule has 0 spiro atoms. The summed E-state index contributed by atoms with van der Waals surface area (Å²) in [4.78, 5) is 4.35. The lowest BCUT2D eigenvalue weighted by Gasteiger charge is -2.32. The zero-order chi connectivity index (χ0) is 20.1. The van der Waals surface area contributed by atoms with Crippen molar-refractivity contribution in [1.82, 2.24) is 0 Å². The molecule has 4 rings (SSSR count). The molecule has 1 atom stereocenters. The summed E-state index contributed by atoms with van der Waals surface area (Å²) in [5, 5.41) is 2.28.